The fourth-order valence-electron chi connectivity index (χ4n) is 1.42. The lowest BCUT2D eigenvalue weighted by molar-refractivity contribution is -0.110. The van der Waals surface area contributed by atoms with Crippen molar-refractivity contribution in [3.63, 3.8) is 0 Å². The molecule has 88 valence electrons. The Hall–Kier alpha value is -0.960. The molecule has 0 saturated carbocycles. The molecule has 3 heteroatoms. The molecule has 2 nitrogen and oxygen atoms in total. The van der Waals surface area contributed by atoms with Crippen LogP contribution in [0, 0.1) is 6.92 Å². The molecule has 0 aromatic heterocycles. The summed E-state index contributed by atoms with van der Waals surface area (Å²) in [6.45, 7) is 4.87. The van der Waals surface area contributed by atoms with Crippen molar-refractivity contribution in [2.24, 2.45) is 0 Å². The van der Waals surface area contributed by atoms with Gasteiger partial charge < -0.3 is 4.90 Å². The van der Waals surface area contributed by atoms with Crippen LogP contribution in [0.3, 0.4) is 0 Å². The molecular weight excluding hydrogens is 218 g/mol. The second-order valence-corrected chi connectivity index (χ2v) is 5.13. The van der Waals surface area contributed by atoms with Crippen LogP contribution in [0.2, 0.25) is 0 Å². The van der Waals surface area contributed by atoms with Crippen LogP contribution in [0.1, 0.15) is 18.9 Å². The smallest absolute Gasteiger partial charge is 0.190 e. The Labute approximate surface area is 102 Å². The molecule has 0 radical (unpaired) electrons. The van der Waals surface area contributed by atoms with E-state index in [2.05, 4.69) is 36.1 Å². The number of benzene rings is 1. The number of carbonyl (C=O) groups excluding carboxylic acids is 1. The fraction of sp³-hybridized carbons (Fsp3) is 0.462. The summed E-state index contributed by atoms with van der Waals surface area (Å²) in [7, 11) is 2.02. The van der Waals surface area contributed by atoms with Gasteiger partial charge in [0.1, 0.15) is 0 Å². The lowest BCUT2D eigenvalue weighted by Gasteiger charge is -2.18. The number of thioether (sulfide) groups is 1. The van der Waals surface area contributed by atoms with E-state index >= 15 is 0 Å². The molecule has 0 aliphatic carbocycles. The summed E-state index contributed by atoms with van der Waals surface area (Å²) in [5.41, 5.74) is 2.43. The van der Waals surface area contributed by atoms with Gasteiger partial charge >= 0.3 is 0 Å². The maximum atomic E-state index is 11.4. The number of aryl methyl sites for hydroxylation is 1. The number of carbonyl (C=O) groups is 1. The Bertz CT molecular complexity index is 334. The molecule has 0 bridgehead atoms. The van der Waals surface area contributed by atoms with Crippen LogP contribution in [-0.4, -0.2) is 24.5 Å². The summed E-state index contributed by atoms with van der Waals surface area (Å²) in [6, 6.07) is 8.36. The zero-order chi connectivity index (χ0) is 12.0. The molecule has 0 fully saturated rings. The molecule has 0 aliphatic heterocycles. The van der Waals surface area contributed by atoms with Gasteiger partial charge in [-0.15, -0.1) is 0 Å². The van der Waals surface area contributed by atoms with E-state index in [1.54, 1.807) is 0 Å². The van der Waals surface area contributed by atoms with E-state index in [0.717, 1.165) is 12.3 Å². The van der Waals surface area contributed by atoms with E-state index in [-0.39, 0.29) is 5.12 Å². The number of nitrogens with zero attached hydrogens (tertiary/aromatic N) is 1. The summed E-state index contributed by atoms with van der Waals surface area (Å²) >= 11 is 1.41. The summed E-state index contributed by atoms with van der Waals surface area (Å²) < 4.78 is 0. The molecule has 0 amide bonds. The quantitative estimate of drug-likeness (QED) is 0.785. The first kappa shape index (κ1) is 13.1. The van der Waals surface area contributed by atoms with Crippen LogP contribution < -0.4 is 4.90 Å². The van der Waals surface area contributed by atoms with Gasteiger partial charge in [-0.3, -0.25) is 4.79 Å². The van der Waals surface area contributed by atoms with Gasteiger partial charge in [-0.25, -0.2) is 0 Å². The molecule has 0 saturated heterocycles. The molecule has 1 aromatic carbocycles. The molecule has 0 aliphatic rings. The minimum Gasteiger partial charge on any atom is -0.374 e. The Morgan fingerprint density at radius 3 is 2.50 bits per heavy atom. The minimum atomic E-state index is 0.279. The van der Waals surface area contributed by atoms with Gasteiger partial charge in [0.2, 0.25) is 0 Å². The Balaban J connectivity index is 2.43. The molecule has 1 rings (SSSR count). The number of hydrogen-bond donors (Lipinski definition) is 0. The monoisotopic (exact) mass is 237 g/mol. The highest BCUT2D eigenvalue weighted by molar-refractivity contribution is 8.13. The maximum Gasteiger partial charge on any atom is 0.190 e. The van der Waals surface area contributed by atoms with Gasteiger partial charge in [0.25, 0.3) is 0 Å². The van der Waals surface area contributed by atoms with E-state index in [9.17, 15) is 4.79 Å². The first-order valence-electron chi connectivity index (χ1n) is 5.57. The third-order valence-corrected chi connectivity index (χ3v) is 3.25. The second-order valence-electron chi connectivity index (χ2n) is 3.81. The zero-order valence-electron chi connectivity index (χ0n) is 10.2. The van der Waals surface area contributed by atoms with Crippen LogP contribution in [-0.2, 0) is 4.79 Å². The molecule has 0 heterocycles. The van der Waals surface area contributed by atoms with E-state index in [0.29, 0.717) is 6.42 Å². The van der Waals surface area contributed by atoms with Gasteiger partial charge in [-0.1, -0.05) is 36.4 Å². The van der Waals surface area contributed by atoms with E-state index in [1.807, 2.05) is 14.0 Å². The highest BCUT2D eigenvalue weighted by atomic mass is 32.2. The van der Waals surface area contributed by atoms with Crippen molar-refractivity contribution in [2.75, 3.05) is 24.2 Å². The summed E-state index contributed by atoms with van der Waals surface area (Å²) in [5, 5.41) is 0.279. The first-order chi connectivity index (χ1) is 7.63. The van der Waals surface area contributed by atoms with Crippen molar-refractivity contribution in [3.05, 3.63) is 29.8 Å². The maximum absolute atomic E-state index is 11.4. The summed E-state index contributed by atoms with van der Waals surface area (Å²) in [6.07, 6.45) is 0.614. The SMILES string of the molecule is CCSC(=O)CCN(C)c1ccc(C)cc1. The van der Waals surface area contributed by atoms with Crippen LogP contribution in [0.4, 0.5) is 5.69 Å². The van der Waals surface area contributed by atoms with Gasteiger partial charge in [-0.2, -0.15) is 0 Å². The largest absolute Gasteiger partial charge is 0.374 e. The molecule has 0 spiro atoms. The van der Waals surface area contributed by atoms with Gasteiger partial charge in [0.15, 0.2) is 5.12 Å². The van der Waals surface area contributed by atoms with Crippen molar-refractivity contribution in [1.82, 2.24) is 0 Å². The Morgan fingerprint density at radius 2 is 1.94 bits per heavy atom. The normalized spacial score (nSPS) is 10.2. The molecule has 0 unspecified atom stereocenters. The van der Waals surface area contributed by atoms with E-state index in [1.165, 1.54) is 23.0 Å². The van der Waals surface area contributed by atoms with Gasteiger partial charge in [0.05, 0.1) is 0 Å². The fourth-order valence-corrected chi connectivity index (χ4v) is 1.98. The van der Waals surface area contributed by atoms with E-state index < -0.39 is 0 Å². The lowest BCUT2D eigenvalue weighted by atomic mass is 10.2. The van der Waals surface area contributed by atoms with Crippen molar-refractivity contribution >= 4 is 22.6 Å². The number of anilines is 1. The van der Waals surface area contributed by atoms with Crippen molar-refractivity contribution < 1.29 is 4.79 Å². The van der Waals surface area contributed by atoms with Crippen LogP contribution in [0.5, 0.6) is 0 Å². The standard InChI is InChI=1S/C13H19NOS/c1-4-16-13(15)9-10-14(3)12-7-5-11(2)6-8-12/h5-8H,4,9-10H2,1-3H3. The lowest BCUT2D eigenvalue weighted by Crippen LogP contribution is -2.20. The van der Waals surface area contributed by atoms with Crippen LogP contribution in [0.15, 0.2) is 24.3 Å². The average Bonchev–Trinajstić information content (AvgIpc) is 2.27. The van der Waals surface area contributed by atoms with Gasteiger partial charge in [-0.05, 0) is 24.8 Å². The average molecular weight is 237 g/mol. The highest BCUT2D eigenvalue weighted by Gasteiger charge is 2.04. The van der Waals surface area contributed by atoms with Gasteiger partial charge in [0, 0.05) is 25.7 Å². The van der Waals surface area contributed by atoms with Crippen molar-refractivity contribution in [3.8, 4) is 0 Å². The van der Waals surface area contributed by atoms with Crippen LogP contribution >= 0.6 is 11.8 Å². The second kappa shape index (κ2) is 6.59. The predicted molar refractivity (Wildman–Crippen MR) is 72.2 cm³/mol. The molecule has 0 N–H and O–H groups in total. The van der Waals surface area contributed by atoms with Crippen molar-refractivity contribution in [1.29, 1.82) is 0 Å². The highest BCUT2D eigenvalue weighted by Crippen LogP contribution is 2.14. The molecule has 0 atom stereocenters. The predicted octanol–water partition coefficient (Wildman–Crippen LogP) is 3.10. The third kappa shape index (κ3) is 4.27. The molecular formula is C13H19NOS. The summed E-state index contributed by atoms with van der Waals surface area (Å²) in [5.74, 6) is 0.868. The van der Waals surface area contributed by atoms with E-state index in [4.69, 9.17) is 0 Å². The molecule has 1 aromatic rings. The van der Waals surface area contributed by atoms with Crippen molar-refractivity contribution in [2.45, 2.75) is 20.3 Å². The summed E-state index contributed by atoms with van der Waals surface area (Å²) in [4.78, 5) is 13.5. The topological polar surface area (TPSA) is 20.3 Å². The Morgan fingerprint density at radius 1 is 1.31 bits per heavy atom. The minimum absolute atomic E-state index is 0.279. The Kier molecular flexibility index (Phi) is 5.39. The molecule has 16 heavy (non-hydrogen) atoms. The first-order valence-corrected chi connectivity index (χ1v) is 6.55. The third-order valence-electron chi connectivity index (χ3n) is 2.43. The van der Waals surface area contributed by atoms with Crippen LogP contribution in [0.25, 0.3) is 0 Å². The number of hydrogen-bond acceptors (Lipinski definition) is 3. The number of rotatable bonds is 5. The zero-order valence-corrected chi connectivity index (χ0v) is 11.0.